The minimum absolute atomic E-state index is 0.0413. The Labute approximate surface area is 138 Å². The SMILES string of the molecule is Cc1c(S(=O)(=O)Nc2ncn(Cc3ccc(F)cc3)n2)cnn1C. The molecule has 2 aromatic heterocycles. The van der Waals surface area contributed by atoms with Crippen LogP contribution in [0.5, 0.6) is 0 Å². The molecule has 3 rings (SSSR count). The van der Waals surface area contributed by atoms with Gasteiger partial charge in [0.2, 0.25) is 0 Å². The number of hydrogen-bond acceptors (Lipinski definition) is 5. The standard InChI is InChI=1S/C14H15FN6O2S/c1-10-13(7-17-20(10)2)24(22,23)19-14-16-9-21(18-14)8-11-3-5-12(15)6-4-11/h3-7,9H,8H2,1-2H3,(H,18,19). The second kappa shape index (κ2) is 6.04. The van der Waals surface area contributed by atoms with Crippen LogP contribution >= 0.6 is 0 Å². The molecule has 0 aliphatic carbocycles. The first-order valence-corrected chi connectivity index (χ1v) is 8.49. The minimum atomic E-state index is -3.81. The van der Waals surface area contributed by atoms with E-state index in [2.05, 4.69) is 19.9 Å². The molecule has 2 heterocycles. The normalized spacial score (nSPS) is 11.6. The summed E-state index contributed by atoms with van der Waals surface area (Å²) >= 11 is 0. The number of rotatable bonds is 5. The van der Waals surface area contributed by atoms with Crippen molar-refractivity contribution in [3.8, 4) is 0 Å². The Balaban J connectivity index is 1.76. The summed E-state index contributed by atoms with van der Waals surface area (Å²) in [6.07, 6.45) is 2.67. The van der Waals surface area contributed by atoms with Gasteiger partial charge in [0.05, 0.1) is 18.4 Å². The molecule has 0 amide bonds. The number of hydrogen-bond donors (Lipinski definition) is 1. The molecule has 0 unspecified atom stereocenters. The summed E-state index contributed by atoms with van der Waals surface area (Å²) in [7, 11) is -2.15. The first-order valence-electron chi connectivity index (χ1n) is 7.00. The van der Waals surface area contributed by atoms with Gasteiger partial charge in [-0.1, -0.05) is 12.1 Å². The van der Waals surface area contributed by atoms with Crippen LogP contribution in [0.25, 0.3) is 0 Å². The molecule has 0 spiro atoms. The summed E-state index contributed by atoms with van der Waals surface area (Å²) in [5, 5.41) is 7.98. The van der Waals surface area contributed by atoms with E-state index in [1.54, 1.807) is 26.1 Å². The lowest BCUT2D eigenvalue weighted by Crippen LogP contribution is -2.15. The summed E-state index contributed by atoms with van der Waals surface area (Å²) in [6.45, 7) is 2.00. The minimum Gasteiger partial charge on any atom is -0.272 e. The molecule has 0 aliphatic rings. The molecule has 3 aromatic rings. The molecule has 0 bridgehead atoms. The molecule has 126 valence electrons. The zero-order valence-electron chi connectivity index (χ0n) is 13.0. The van der Waals surface area contributed by atoms with Gasteiger partial charge in [-0.2, -0.15) is 10.1 Å². The highest BCUT2D eigenvalue weighted by Gasteiger charge is 2.21. The van der Waals surface area contributed by atoms with Gasteiger partial charge in [-0.25, -0.2) is 22.2 Å². The van der Waals surface area contributed by atoms with E-state index in [-0.39, 0.29) is 16.7 Å². The second-order valence-electron chi connectivity index (χ2n) is 5.22. The first-order chi connectivity index (χ1) is 11.3. The molecule has 0 atom stereocenters. The predicted octanol–water partition coefficient (Wildman–Crippen LogP) is 1.31. The Bertz CT molecular complexity index is 962. The molecule has 0 fully saturated rings. The van der Waals surface area contributed by atoms with E-state index in [1.165, 1.54) is 34.0 Å². The van der Waals surface area contributed by atoms with Gasteiger partial charge in [0.25, 0.3) is 16.0 Å². The zero-order valence-corrected chi connectivity index (χ0v) is 13.8. The number of nitrogens with one attached hydrogen (secondary N) is 1. The molecule has 10 heteroatoms. The second-order valence-corrected chi connectivity index (χ2v) is 6.87. The summed E-state index contributed by atoms with van der Waals surface area (Å²) in [4.78, 5) is 4.01. The van der Waals surface area contributed by atoms with Gasteiger partial charge in [0.1, 0.15) is 17.0 Å². The van der Waals surface area contributed by atoms with Gasteiger partial charge < -0.3 is 0 Å². The largest absolute Gasteiger partial charge is 0.272 e. The number of halogens is 1. The van der Waals surface area contributed by atoms with E-state index in [0.717, 1.165) is 5.56 Å². The fourth-order valence-electron chi connectivity index (χ4n) is 2.11. The number of nitrogens with zero attached hydrogens (tertiary/aromatic N) is 5. The summed E-state index contributed by atoms with van der Waals surface area (Å²) in [6, 6.07) is 5.95. The fraction of sp³-hybridized carbons (Fsp3) is 0.214. The Morgan fingerprint density at radius 1 is 1.25 bits per heavy atom. The van der Waals surface area contributed by atoms with Crippen molar-refractivity contribution in [2.24, 2.45) is 7.05 Å². The van der Waals surface area contributed by atoms with Crippen LogP contribution in [0.3, 0.4) is 0 Å². The van der Waals surface area contributed by atoms with Crippen molar-refractivity contribution in [2.45, 2.75) is 18.4 Å². The lowest BCUT2D eigenvalue weighted by Gasteiger charge is -2.04. The maximum absolute atomic E-state index is 12.9. The van der Waals surface area contributed by atoms with Crippen molar-refractivity contribution in [1.82, 2.24) is 24.5 Å². The monoisotopic (exact) mass is 350 g/mol. The van der Waals surface area contributed by atoms with Crippen molar-refractivity contribution >= 4 is 16.0 Å². The van der Waals surface area contributed by atoms with Crippen molar-refractivity contribution in [3.63, 3.8) is 0 Å². The third-order valence-electron chi connectivity index (χ3n) is 3.50. The highest BCUT2D eigenvalue weighted by Crippen LogP contribution is 2.16. The fourth-order valence-corrected chi connectivity index (χ4v) is 3.26. The van der Waals surface area contributed by atoms with Gasteiger partial charge in [0, 0.05) is 7.05 Å². The van der Waals surface area contributed by atoms with E-state index in [9.17, 15) is 12.8 Å². The summed E-state index contributed by atoms with van der Waals surface area (Å²) < 4.78 is 42.8. The molecule has 0 aliphatic heterocycles. The van der Waals surface area contributed by atoms with Gasteiger partial charge in [-0.3, -0.25) is 4.68 Å². The molecule has 0 saturated heterocycles. The Morgan fingerprint density at radius 2 is 1.96 bits per heavy atom. The maximum atomic E-state index is 12.9. The van der Waals surface area contributed by atoms with Crippen LogP contribution < -0.4 is 4.72 Å². The van der Waals surface area contributed by atoms with Crippen LogP contribution in [-0.4, -0.2) is 33.0 Å². The zero-order chi connectivity index (χ0) is 17.3. The van der Waals surface area contributed by atoms with Crippen LogP contribution in [0.1, 0.15) is 11.3 Å². The van der Waals surface area contributed by atoms with Gasteiger partial charge in [-0.15, -0.1) is 5.10 Å². The third-order valence-corrected chi connectivity index (χ3v) is 4.93. The van der Waals surface area contributed by atoms with Crippen molar-refractivity contribution in [3.05, 3.63) is 53.9 Å². The third kappa shape index (κ3) is 3.27. The Morgan fingerprint density at radius 3 is 2.58 bits per heavy atom. The van der Waals surface area contributed by atoms with Gasteiger partial charge in [-0.05, 0) is 24.6 Å². The summed E-state index contributed by atoms with van der Waals surface area (Å²) in [5.74, 6) is -0.363. The average Bonchev–Trinajstić information content (AvgIpc) is 3.09. The highest BCUT2D eigenvalue weighted by molar-refractivity contribution is 7.92. The van der Waals surface area contributed by atoms with E-state index in [4.69, 9.17) is 0 Å². The molecule has 8 nitrogen and oxygen atoms in total. The number of sulfonamides is 1. The molecule has 0 saturated carbocycles. The lowest BCUT2D eigenvalue weighted by atomic mass is 10.2. The molecule has 0 radical (unpaired) electrons. The van der Waals surface area contributed by atoms with Gasteiger partial charge >= 0.3 is 0 Å². The van der Waals surface area contributed by atoms with Crippen LogP contribution in [0.15, 0.2) is 41.7 Å². The number of anilines is 1. The molecule has 1 aromatic carbocycles. The summed E-state index contributed by atoms with van der Waals surface area (Å²) in [5.41, 5.74) is 1.33. The highest BCUT2D eigenvalue weighted by atomic mass is 32.2. The van der Waals surface area contributed by atoms with E-state index < -0.39 is 10.0 Å². The Hall–Kier alpha value is -2.75. The molecule has 24 heavy (non-hydrogen) atoms. The van der Waals surface area contributed by atoms with Crippen molar-refractivity contribution < 1.29 is 12.8 Å². The van der Waals surface area contributed by atoms with Crippen LogP contribution in [0.4, 0.5) is 10.3 Å². The number of aryl methyl sites for hydroxylation is 1. The number of benzene rings is 1. The van der Waals surface area contributed by atoms with Crippen LogP contribution in [-0.2, 0) is 23.6 Å². The van der Waals surface area contributed by atoms with Crippen molar-refractivity contribution in [2.75, 3.05) is 4.72 Å². The first kappa shape index (κ1) is 16.1. The molecular weight excluding hydrogens is 335 g/mol. The van der Waals surface area contributed by atoms with E-state index in [0.29, 0.717) is 12.2 Å². The van der Waals surface area contributed by atoms with Crippen LogP contribution in [0.2, 0.25) is 0 Å². The van der Waals surface area contributed by atoms with Crippen LogP contribution in [0, 0.1) is 12.7 Å². The molecule has 1 N–H and O–H groups in total. The quantitative estimate of drug-likeness (QED) is 0.749. The van der Waals surface area contributed by atoms with Crippen molar-refractivity contribution in [1.29, 1.82) is 0 Å². The van der Waals surface area contributed by atoms with E-state index >= 15 is 0 Å². The van der Waals surface area contributed by atoms with Gasteiger partial charge in [0.15, 0.2) is 0 Å². The smallest absolute Gasteiger partial charge is 0.267 e. The van der Waals surface area contributed by atoms with E-state index in [1.807, 2.05) is 0 Å². The average molecular weight is 350 g/mol. The maximum Gasteiger partial charge on any atom is 0.267 e. The Kier molecular flexibility index (Phi) is 4.06. The topological polar surface area (TPSA) is 94.7 Å². The predicted molar refractivity (Wildman–Crippen MR) is 84.3 cm³/mol. The number of aromatic nitrogens is 5. The lowest BCUT2D eigenvalue weighted by molar-refractivity contribution is 0.599. The molecular formula is C14H15FN6O2S.